The van der Waals surface area contributed by atoms with E-state index in [1.165, 1.54) is 17.0 Å². The van der Waals surface area contributed by atoms with Crippen molar-refractivity contribution in [2.24, 2.45) is 29.0 Å². The molecule has 0 unspecified atom stereocenters. The van der Waals surface area contributed by atoms with Crippen LogP contribution < -0.4 is 59.7 Å². The Labute approximate surface area is 543 Å². The van der Waals surface area contributed by atoms with Crippen LogP contribution in [0.5, 0.6) is 5.75 Å². The third-order valence-electron chi connectivity index (χ3n) is 15.9. The molecule has 2 heterocycles. The zero-order valence-corrected chi connectivity index (χ0v) is 52.8. The molecule has 0 bridgehead atoms. The van der Waals surface area contributed by atoms with Gasteiger partial charge >= 0.3 is 11.9 Å². The van der Waals surface area contributed by atoms with E-state index >= 15 is 4.79 Å². The van der Waals surface area contributed by atoms with Crippen molar-refractivity contribution in [3.63, 3.8) is 0 Å². The number of carboxylic acids is 2. The fraction of sp³-hybridized carbons (Fsp3) is 0.424. The summed E-state index contributed by atoms with van der Waals surface area (Å²) in [4.78, 5) is 170. The van der Waals surface area contributed by atoms with Crippen LogP contribution in [0.1, 0.15) is 88.5 Å². The predicted octanol–water partition coefficient (Wildman–Crippen LogP) is -0.174. The number of aromatic nitrogens is 1. The number of aromatic amines is 1. The standard InChI is InChI=1S/C66H85N13O15/c1-36(2)28-46(72-57(84)45(25-26-67)71-64(91)56(69)37(3)4)58(85)77-51(31-40-21-23-42(80)24-22-40)65(92)79-27-13-20-53(79)63(90)76-48(30-39-16-9-6-10-17-39)60(87)73-47(29-38-14-7-5-8-15-38)59(86)74-49(33-54(68)81)61(88)75-50(34-55(82)83)62(89)78-52(66(93)94)32-41-35-70-44-19-12-11-18-43(41)44/h5-12,14-19,21-24,35-37,45-53,56,70,80H,13,20,25-34,67,69H2,1-4H3,(H2,68,81)(H,71,91)(H,72,84)(H,73,87)(H,74,86)(H,75,88)(H,76,90)(H,77,85)(H,78,89)(H,82,83)(H,93,94)/t45-,46-,47-,48-,49-,50-,51-,52-,53-,56-/m0/s1. The van der Waals surface area contributed by atoms with Gasteiger partial charge < -0.3 is 84.9 Å². The van der Waals surface area contributed by atoms with Crippen molar-refractivity contribution >= 4 is 81.9 Å². The number of benzene rings is 4. The number of hydrogen-bond donors (Lipinski definition) is 15. The van der Waals surface area contributed by atoms with Gasteiger partial charge in [0.1, 0.15) is 60.1 Å². The minimum atomic E-state index is -1.96. The van der Waals surface area contributed by atoms with E-state index in [4.69, 9.17) is 17.2 Å². The molecule has 10 atom stereocenters. The maximum atomic E-state index is 15.0. The molecule has 0 spiro atoms. The molecule has 10 amide bonds. The van der Waals surface area contributed by atoms with Gasteiger partial charge in [-0.3, -0.25) is 52.7 Å². The van der Waals surface area contributed by atoms with Crippen molar-refractivity contribution in [1.82, 2.24) is 52.4 Å². The summed E-state index contributed by atoms with van der Waals surface area (Å²) in [6.45, 7) is 7.13. The highest BCUT2D eigenvalue weighted by Crippen LogP contribution is 2.23. The average Bonchev–Trinajstić information content (AvgIpc) is 1.60. The lowest BCUT2D eigenvalue weighted by Gasteiger charge is -2.31. The zero-order chi connectivity index (χ0) is 68.8. The number of H-pyrrole nitrogens is 1. The molecule has 1 saturated heterocycles. The van der Waals surface area contributed by atoms with Crippen molar-refractivity contribution in [2.45, 2.75) is 152 Å². The van der Waals surface area contributed by atoms with Gasteiger partial charge in [-0.05, 0) is 84.5 Å². The first-order chi connectivity index (χ1) is 44.7. The number of carboxylic acid groups (broad SMARTS) is 2. The first-order valence-corrected chi connectivity index (χ1v) is 31.0. The summed E-state index contributed by atoms with van der Waals surface area (Å²) < 4.78 is 0. The van der Waals surface area contributed by atoms with Crippen LogP contribution in [0.25, 0.3) is 10.9 Å². The molecule has 28 nitrogen and oxygen atoms in total. The van der Waals surface area contributed by atoms with E-state index in [0.717, 1.165) is 0 Å². The Balaban J connectivity index is 1.24. The van der Waals surface area contributed by atoms with Gasteiger partial charge in [-0.1, -0.05) is 119 Å². The summed E-state index contributed by atoms with van der Waals surface area (Å²) in [5.41, 5.74) is 20.2. The fourth-order valence-electron chi connectivity index (χ4n) is 10.8. The van der Waals surface area contributed by atoms with E-state index in [1.807, 2.05) is 13.8 Å². The summed E-state index contributed by atoms with van der Waals surface area (Å²) in [7, 11) is 0. The van der Waals surface area contributed by atoms with E-state index in [0.29, 0.717) is 39.6 Å². The highest BCUT2D eigenvalue weighted by molar-refractivity contribution is 6.00. The second-order valence-corrected chi connectivity index (χ2v) is 24.1. The molecule has 28 heteroatoms. The molecule has 1 aliphatic rings. The summed E-state index contributed by atoms with van der Waals surface area (Å²) in [5.74, 6) is -12.8. The Bertz CT molecular complexity index is 3480. The highest BCUT2D eigenvalue weighted by Gasteiger charge is 2.41. The molecule has 1 aromatic heterocycles. The number of aliphatic carboxylic acids is 2. The van der Waals surface area contributed by atoms with Crippen LogP contribution in [0, 0.1) is 11.8 Å². The molecule has 0 aliphatic carbocycles. The normalized spacial score (nSPS) is 15.7. The molecule has 5 aromatic rings. The van der Waals surface area contributed by atoms with Gasteiger partial charge in [-0.15, -0.1) is 0 Å². The summed E-state index contributed by atoms with van der Waals surface area (Å²) in [6, 6.07) is 15.1. The van der Waals surface area contributed by atoms with Crippen LogP contribution in [0.15, 0.2) is 115 Å². The van der Waals surface area contributed by atoms with Gasteiger partial charge in [0.15, 0.2) is 0 Å². The number of phenolic OH excluding ortho intramolecular Hbond substituents is 1. The summed E-state index contributed by atoms with van der Waals surface area (Å²) >= 11 is 0. The number of aromatic hydroxyl groups is 1. The second kappa shape index (κ2) is 35.0. The number of primary amides is 1. The number of carbonyl (C=O) groups is 12. The molecule has 1 fully saturated rings. The number of nitrogens with zero attached hydrogens (tertiary/aromatic N) is 1. The number of carbonyl (C=O) groups excluding carboxylic acids is 10. The van der Waals surface area contributed by atoms with Crippen LogP contribution in [-0.4, -0.2) is 170 Å². The number of rotatable bonds is 35. The third kappa shape index (κ3) is 21.7. The smallest absolute Gasteiger partial charge is 0.326 e. The maximum Gasteiger partial charge on any atom is 0.326 e. The Morgan fingerprint density at radius 1 is 0.543 bits per heavy atom. The number of fused-ring (bicyclic) bond motifs is 1. The largest absolute Gasteiger partial charge is 0.508 e. The molecule has 0 saturated carbocycles. The lowest BCUT2D eigenvalue weighted by atomic mass is 9.99. The van der Waals surface area contributed by atoms with Crippen LogP contribution in [-0.2, 0) is 83.2 Å². The van der Waals surface area contributed by atoms with Gasteiger partial charge in [-0.2, -0.15) is 0 Å². The van der Waals surface area contributed by atoms with Crippen LogP contribution >= 0.6 is 0 Å². The van der Waals surface area contributed by atoms with Crippen LogP contribution in [0.2, 0.25) is 0 Å². The van der Waals surface area contributed by atoms with Gasteiger partial charge in [0.05, 0.1) is 18.9 Å². The Morgan fingerprint density at radius 3 is 1.56 bits per heavy atom. The zero-order valence-electron chi connectivity index (χ0n) is 52.8. The first-order valence-electron chi connectivity index (χ1n) is 31.0. The number of likely N-dealkylation sites (tertiary alicyclic amines) is 1. The van der Waals surface area contributed by atoms with Crippen molar-refractivity contribution in [3.8, 4) is 5.75 Å². The number of para-hydroxylation sites is 1. The molecule has 6 rings (SSSR count). The molecular formula is C66H85N13O15. The van der Waals surface area contributed by atoms with E-state index in [-0.39, 0.29) is 75.6 Å². The van der Waals surface area contributed by atoms with Crippen LogP contribution in [0.3, 0.4) is 0 Å². The average molecular weight is 1300 g/mol. The minimum Gasteiger partial charge on any atom is -0.508 e. The third-order valence-corrected chi connectivity index (χ3v) is 15.9. The number of amides is 10. The molecule has 18 N–H and O–H groups in total. The van der Waals surface area contributed by atoms with Crippen molar-refractivity contribution in [3.05, 3.63) is 138 Å². The Kier molecular flexibility index (Phi) is 27.1. The van der Waals surface area contributed by atoms with Crippen molar-refractivity contribution in [1.29, 1.82) is 0 Å². The number of nitrogens with one attached hydrogen (secondary N) is 9. The molecular weight excluding hydrogens is 1210 g/mol. The Morgan fingerprint density at radius 2 is 1.01 bits per heavy atom. The Hall–Kier alpha value is -10.2. The van der Waals surface area contributed by atoms with Gasteiger partial charge in [0.25, 0.3) is 0 Å². The molecule has 1 aliphatic heterocycles. The van der Waals surface area contributed by atoms with Gasteiger partial charge in [-0.25, -0.2) is 4.79 Å². The monoisotopic (exact) mass is 1300 g/mol. The van der Waals surface area contributed by atoms with Gasteiger partial charge in [0.2, 0.25) is 59.1 Å². The van der Waals surface area contributed by atoms with Crippen LogP contribution in [0.4, 0.5) is 0 Å². The molecule has 0 radical (unpaired) electrons. The lowest BCUT2D eigenvalue weighted by Crippen LogP contribution is -2.61. The minimum absolute atomic E-state index is 0.00279. The summed E-state index contributed by atoms with van der Waals surface area (Å²) in [6.07, 6.45) is -0.773. The predicted molar refractivity (Wildman–Crippen MR) is 344 cm³/mol. The maximum absolute atomic E-state index is 15.0. The molecule has 504 valence electrons. The highest BCUT2D eigenvalue weighted by atomic mass is 16.4. The number of nitrogens with two attached hydrogens (primary N) is 3. The van der Waals surface area contributed by atoms with E-state index in [2.05, 4.69) is 47.5 Å². The summed E-state index contributed by atoms with van der Waals surface area (Å²) in [5, 5.41) is 51.3. The van der Waals surface area contributed by atoms with E-state index in [1.54, 1.807) is 117 Å². The number of phenols is 1. The van der Waals surface area contributed by atoms with Gasteiger partial charge in [0, 0.05) is 49.3 Å². The quantitative estimate of drug-likeness (QED) is 0.0250. The second-order valence-electron chi connectivity index (χ2n) is 24.1. The van der Waals surface area contributed by atoms with Crippen molar-refractivity contribution < 1.29 is 72.9 Å². The SMILES string of the molecule is CC(C)C[C@H](NC(=O)[C@H](CCN)NC(=O)[C@@H](N)C(C)C)C(=O)N[C@@H](Cc1ccc(O)cc1)C(=O)N1CCC[C@H]1C(=O)N[C@@H](Cc1ccccc1)C(=O)N[C@@H](Cc1ccccc1)C(=O)N[C@@H](CC(N)=O)C(=O)N[C@@H](CC(=O)O)C(=O)N[C@@H](Cc1c[nH]c2ccccc12)C(=O)O. The molecule has 4 aromatic carbocycles. The van der Waals surface area contributed by atoms with E-state index < -0.39 is 144 Å². The van der Waals surface area contributed by atoms with E-state index in [9.17, 15) is 68.1 Å². The topological polar surface area (TPSA) is 459 Å². The first kappa shape index (κ1) is 72.8. The van der Waals surface area contributed by atoms with Crippen molar-refractivity contribution in [2.75, 3.05) is 13.1 Å². The fourth-order valence-corrected chi connectivity index (χ4v) is 10.8. The lowest BCUT2D eigenvalue weighted by molar-refractivity contribution is -0.144. The molecule has 94 heavy (non-hydrogen) atoms. The number of hydrogen-bond acceptors (Lipinski definition) is 15.